The van der Waals surface area contributed by atoms with Crippen LogP contribution in [0.1, 0.15) is 47.9 Å². The minimum atomic E-state index is 0.532. The Morgan fingerprint density at radius 3 is 2.38 bits per heavy atom. The lowest BCUT2D eigenvalue weighted by atomic mass is 9.72. The smallest absolute Gasteiger partial charge is 0.0176 e. The van der Waals surface area contributed by atoms with Gasteiger partial charge in [-0.1, -0.05) is 62.4 Å². The highest BCUT2D eigenvalue weighted by atomic mass is 14.9. The minimum Gasteiger partial charge on any atom is -0.316 e. The predicted molar refractivity (Wildman–Crippen MR) is 90.0 cm³/mol. The first-order valence-electron chi connectivity index (χ1n) is 8.03. The van der Waals surface area contributed by atoms with Crippen molar-refractivity contribution in [3.8, 4) is 0 Å². The van der Waals surface area contributed by atoms with Crippen LogP contribution in [0.4, 0.5) is 0 Å². The second-order valence-corrected chi connectivity index (χ2v) is 6.51. The van der Waals surface area contributed by atoms with Crippen LogP contribution in [0, 0.1) is 0 Å². The summed E-state index contributed by atoms with van der Waals surface area (Å²) >= 11 is 0. The molecule has 0 saturated carbocycles. The molecule has 0 amide bonds. The lowest BCUT2D eigenvalue weighted by Gasteiger charge is -2.36. The van der Waals surface area contributed by atoms with Gasteiger partial charge in [0.15, 0.2) is 0 Å². The highest BCUT2D eigenvalue weighted by molar-refractivity contribution is 5.41. The number of hydrogen-bond acceptors (Lipinski definition) is 1. The maximum Gasteiger partial charge on any atom is 0.0176 e. The van der Waals surface area contributed by atoms with Crippen molar-refractivity contribution in [2.75, 3.05) is 7.05 Å². The van der Waals surface area contributed by atoms with Gasteiger partial charge >= 0.3 is 0 Å². The van der Waals surface area contributed by atoms with Crippen LogP contribution in [0.2, 0.25) is 0 Å². The topological polar surface area (TPSA) is 12.0 Å². The molecule has 2 aromatic rings. The van der Waals surface area contributed by atoms with Crippen LogP contribution < -0.4 is 5.32 Å². The van der Waals surface area contributed by atoms with Crippen LogP contribution in [0.5, 0.6) is 0 Å². The molecule has 0 radical (unpaired) electrons. The molecule has 2 atom stereocenters. The maximum absolute atomic E-state index is 3.53. The molecule has 0 bridgehead atoms. The first-order chi connectivity index (χ1) is 10.2. The molecule has 1 heteroatoms. The highest BCUT2D eigenvalue weighted by Gasteiger charge is 2.31. The van der Waals surface area contributed by atoms with Crippen molar-refractivity contribution in [3.63, 3.8) is 0 Å². The molecule has 0 heterocycles. The van der Waals surface area contributed by atoms with Crippen molar-refractivity contribution in [1.82, 2.24) is 5.32 Å². The number of rotatable bonds is 5. The third kappa shape index (κ3) is 2.89. The lowest BCUT2D eigenvalue weighted by molar-refractivity contribution is 0.422. The van der Waals surface area contributed by atoms with Crippen molar-refractivity contribution in [3.05, 3.63) is 70.8 Å². The van der Waals surface area contributed by atoms with Gasteiger partial charge in [-0.2, -0.15) is 0 Å². The minimum absolute atomic E-state index is 0.532. The van der Waals surface area contributed by atoms with E-state index >= 15 is 0 Å². The molecule has 2 unspecified atom stereocenters. The Labute approximate surface area is 128 Å². The van der Waals surface area contributed by atoms with Gasteiger partial charge in [-0.15, -0.1) is 0 Å². The number of hydrogen-bond donors (Lipinski definition) is 1. The second kappa shape index (κ2) is 6.03. The summed E-state index contributed by atoms with van der Waals surface area (Å²) in [6.07, 6.45) is 2.32. The molecular weight excluding hydrogens is 254 g/mol. The Bertz CT molecular complexity index is 597. The van der Waals surface area contributed by atoms with Crippen molar-refractivity contribution in [2.45, 2.75) is 44.6 Å². The summed E-state index contributed by atoms with van der Waals surface area (Å²) in [7, 11) is 2.09. The average molecular weight is 279 g/mol. The van der Waals surface area contributed by atoms with Gasteiger partial charge in [0, 0.05) is 12.0 Å². The Morgan fingerprint density at radius 1 is 1.05 bits per heavy atom. The molecule has 0 aliphatic heterocycles. The Morgan fingerprint density at radius 2 is 1.76 bits per heavy atom. The van der Waals surface area contributed by atoms with Gasteiger partial charge < -0.3 is 5.32 Å². The molecule has 110 valence electrons. The van der Waals surface area contributed by atoms with E-state index in [2.05, 4.69) is 74.7 Å². The van der Waals surface area contributed by atoms with Gasteiger partial charge in [-0.05, 0) is 48.1 Å². The first kappa shape index (κ1) is 14.3. The van der Waals surface area contributed by atoms with Gasteiger partial charge in [-0.3, -0.25) is 0 Å². The van der Waals surface area contributed by atoms with Gasteiger partial charge in [0.05, 0.1) is 0 Å². The fraction of sp³-hybridized carbons (Fsp3) is 0.400. The number of likely N-dealkylation sites (N-methyl/N-ethyl adjacent to an activating group) is 1. The Hall–Kier alpha value is -1.60. The summed E-state index contributed by atoms with van der Waals surface area (Å²) in [6, 6.07) is 18.5. The monoisotopic (exact) mass is 279 g/mol. The molecule has 0 aromatic heterocycles. The van der Waals surface area contributed by atoms with Crippen molar-refractivity contribution >= 4 is 0 Å². The zero-order valence-electron chi connectivity index (χ0n) is 13.3. The first-order valence-corrected chi connectivity index (χ1v) is 8.03. The van der Waals surface area contributed by atoms with E-state index in [1.54, 1.807) is 0 Å². The zero-order chi connectivity index (χ0) is 14.8. The van der Waals surface area contributed by atoms with Crippen molar-refractivity contribution < 1.29 is 0 Å². The summed E-state index contributed by atoms with van der Waals surface area (Å²) in [5, 5.41) is 3.53. The van der Waals surface area contributed by atoms with E-state index in [1.165, 1.54) is 28.7 Å². The molecule has 21 heavy (non-hydrogen) atoms. The van der Waals surface area contributed by atoms with Crippen LogP contribution in [-0.2, 0) is 12.8 Å². The second-order valence-electron chi connectivity index (χ2n) is 6.51. The van der Waals surface area contributed by atoms with E-state index in [4.69, 9.17) is 0 Å². The third-order valence-electron chi connectivity index (χ3n) is 4.85. The van der Waals surface area contributed by atoms with Crippen LogP contribution >= 0.6 is 0 Å². The third-order valence-corrected chi connectivity index (χ3v) is 4.85. The van der Waals surface area contributed by atoms with Crippen molar-refractivity contribution in [1.29, 1.82) is 0 Å². The largest absolute Gasteiger partial charge is 0.316 e. The zero-order valence-corrected chi connectivity index (χ0v) is 13.3. The van der Waals surface area contributed by atoms with Crippen molar-refractivity contribution in [2.24, 2.45) is 0 Å². The molecule has 1 aliphatic rings. The molecule has 1 aliphatic carbocycles. The van der Waals surface area contributed by atoms with Crippen LogP contribution in [0.15, 0.2) is 48.5 Å². The molecule has 3 rings (SSSR count). The summed E-state index contributed by atoms with van der Waals surface area (Å²) in [5.41, 5.74) is 5.92. The lowest BCUT2D eigenvalue weighted by Crippen LogP contribution is -2.39. The molecule has 0 spiro atoms. The SMILES string of the molecule is CNC(Cc1ccc(C(C)C)cc1)C1Cc2ccccc21. The van der Waals surface area contributed by atoms with Crippen LogP contribution in [-0.4, -0.2) is 13.1 Å². The Balaban J connectivity index is 1.71. The molecule has 1 nitrogen and oxygen atoms in total. The Kier molecular flexibility index (Phi) is 4.12. The molecule has 1 N–H and O–H groups in total. The van der Waals surface area contributed by atoms with E-state index in [1.807, 2.05) is 0 Å². The fourth-order valence-corrected chi connectivity index (χ4v) is 3.39. The summed E-state index contributed by atoms with van der Waals surface area (Å²) < 4.78 is 0. The van der Waals surface area contributed by atoms with Gasteiger partial charge in [-0.25, -0.2) is 0 Å². The standard InChI is InChI=1S/C20H25N/c1-14(2)16-10-8-15(9-11-16)12-20(21-3)19-13-17-6-4-5-7-18(17)19/h4-11,14,19-21H,12-13H2,1-3H3. The highest BCUT2D eigenvalue weighted by Crippen LogP contribution is 2.38. The summed E-state index contributed by atoms with van der Waals surface area (Å²) in [6.45, 7) is 4.49. The van der Waals surface area contributed by atoms with Gasteiger partial charge in [0.1, 0.15) is 0 Å². The normalized spacial score (nSPS) is 18.2. The average Bonchev–Trinajstić information content (AvgIpc) is 2.48. The molecular formula is C20H25N. The van der Waals surface area contributed by atoms with E-state index < -0.39 is 0 Å². The molecule has 2 aromatic carbocycles. The van der Waals surface area contributed by atoms with Crippen LogP contribution in [0.25, 0.3) is 0 Å². The molecule has 0 saturated heterocycles. The predicted octanol–water partition coefficient (Wildman–Crippen LogP) is 4.28. The van der Waals surface area contributed by atoms with Crippen LogP contribution in [0.3, 0.4) is 0 Å². The number of fused-ring (bicyclic) bond motifs is 1. The van der Waals surface area contributed by atoms with E-state index in [0.29, 0.717) is 17.9 Å². The van der Waals surface area contributed by atoms with E-state index in [-0.39, 0.29) is 0 Å². The fourth-order valence-electron chi connectivity index (χ4n) is 3.39. The number of benzene rings is 2. The van der Waals surface area contributed by atoms with E-state index in [0.717, 1.165) is 6.42 Å². The van der Waals surface area contributed by atoms with Gasteiger partial charge in [0.2, 0.25) is 0 Å². The summed E-state index contributed by atoms with van der Waals surface area (Å²) in [4.78, 5) is 0. The molecule has 0 fully saturated rings. The maximum atomic E-state index is 3.53. The quantitative estimate of drug-likeness (QED) is 0.861. The number of nitrogens with one attached hydrogen (secondary N) is 1. The van der Waals surface area contributed by atoms with E-state index in [9.17, 15) is 0 Å². The van der Waals surface area contributed by atoms with Gasteiger partial charge in [0.25, 0.3) is 0 Å². The summed E-state index contributed by atoms with van der Waals surface area (Å²) in [5.74, 6) is 1.27.